The largest absolute Gasteiger partial charge is 0.481 e. The van der Waals surface area contributed by atoms with Gasteiger partial charge in [0.25, 0.3) is 0 Å². The van der Waals surface area contributed by atoms with Crippen LogP contribution in [0.3, 0.4) is 0 Å². The number of hydrogen-bond donors (Lipinski definition) is 2. The summed E-state index contributed by atoms with van der Waals surface area (Å²) in [5.74, 6) is -0.822. The van der Waals surface area contributed by atoms with Gasteiger partial charge in [0.05, 0.1) is 6.10 Å². The first-order valence-electron chi connectivity index (χ1n) is 7.36. The predicted molar refractivity (Wildman–Crippen MR) is 73.5 cm³/mol. The summed E-state index contributed by atoms with van der Waals surface area (Å²) in [5.41, 5.74) is 0. The van der Waals surface area contributed by atoms with Crippen LogP contribution in [0.15, 0.2) is 0 Å². The van der Waals surface area contributed by atoms with E-state index in [0.29, 0.717) is 38.5 Å². The molecule has 0 saturated carbocycles. The topological polar surface area (TPSA) is 84.9 Å². The molecule has 6 heteroatoms. The van der Waals surface area contributed by atoms with Gasteiger partial charge in [-0.05, 0) is 32.1 Å². The van der Waals surface area contributed by atoms with Crippen molar-refractivity contribution in [1.29, 1.82) is 0 Å². The van der Waals surface area contributed by atoms with E-state index < -0.39 is 5.97 Å². The Morgan fingerprint density at radius 1 is 1.15 bits per heavy atom. The summed E-state index contributed by atoms with van der Waals surface area (Å²) in [6.45, 7) is 2.82. The van der Waals surface area contributed by atoms with Crippen LogP contribution in [0, 0.1) is 0 Å². The molecule has 20 heavy (non-hydrogen) atoms. The Kier molecular flexibility index (Phi) is 8.98. The van der Waals surface area contributed by atoms with Gasteiger partial charge in [0.1, 0.15) is 0 Å². The van der Waals surface area contributed by atoms with E-state index in [9.17, 15) is 9.59 Å². The molecule has 0 atom stereocenters. The quantitative estimate of drug-likeness (QED) is 0.592. The number of unbranched alkanes of at least 4 members (excludes halogenated alkanes) is 1. The highest BCUT2D eigenvalue weighted by Gasteiger charge is 2.13. The van der Waals surface area contributed by atoms with Crippen LogP contribution in [0.2, 0.25) is 0 Å². The van der Waals surface area contributed by atoms with Gasteiger partial charge in [0, 0.05) is 39.2 Å². The summed E-state index contributed by atoms with van der Waals surface area (Å²) in [5, 5.41) is 11.3. The number of hydrogen-bond acceptors (Lipinski definition) is 4. The minimum absolute atomic E-state index is 0.0125. The molecule has 0 aromatic carbocycles. The van der Waals surface area contributed by atoms with Gasteiger partial charge < -0.3 is 19.9 Å². The Morgan fingerprint density at radius 2 is 1.85 bits per heavy atom. The maximum Gasteiger partial charge on any atom is 0.303 e. The second kappa shape index (κ2) is 10.6. The molecule has 6 nitrogen and oxygen atoms in total. The summed E-state index contributed by atoms with van der Waals surface area (Å²) < 4.78 is 10.9. The van der Waals surface area contributed by atoms with Crippen molar-refractivity contribution in [3.05, 3.63) is 0 Å². The highest BCUT2D eigenvalue weighted by Crippen LogP contribution is 2.10. The number of nitrogens with one attached hydrogen (secondary N) is 1. The van der Waals surface area contributed by atoms with Crippen LogP contribution in [0.5, 0.6) is 0 Å². The molecule has 1 fully saturated rings. The molecule has 0 spiro atoms. The van der Waals surface area contributed by atoms with E-state index >= 15 is 0 Å². The van der Waals surface area contributed by atoms with Crippen LogP contribution in [0.1, 0.15) is 44.9 Å². The smallest absolute Gasteiger partial charge is 0.303 e. The number of carbonyl (C=O) groups is 2. The fourth-order valence-corrected chi connectivity index (χ4v) is 2.04. The number of carbonyl (C=O) groups excluding carboxylic acids is 1. The Morgan fingerprint density at radius 3 is 2.55 bits per heavy atom. The van der Waals surface area contributed by atoms with Gasteiger partial charge in [-0.2, -0.15) is 0 Å². The van der Waals surface area contributed by atoms with Crippen molar-refractivity contribution in [1.82, 2.24) is 5.32 Å². The number of carboxylic acids is 1. The van der Waals surface area contributed by atoms with E-state index in [1.54, 1.807) is 0 Å². The van der Waals surface area contributed by atoms with Crippen LogP contribution in [0.25, 0.3) is 0 Å². The third-order valence-corrected chi connectivity index (χ3v) is 3.21. The maximum absolute atomic E-state index is 11.4. The fourth-order valence-electron chi connectivity index (χ4n) is 2.04. The molecule has 0 unspecified atom stereocenters. The average molecular weight is 287 g/mol. The SMILES string of the molecule is O=C(O)CCCCC(=O)NCCCOC1CCOCC1. The molecule has 0 aromatic heterocycles. The average Bonchev–Trinajstić information content (AvgIpc) is 2.44. The van der Waals surface area contributed by atoms with Crippen molar-refractivity contribution in [2.45, 2.75) is 51.0 Å². The highest BCUT2D eigenvalue weighted by molar-refractivity contribution is 5.75. The lowest BCUT2D eigenvalue weighted by atomic mass is 10.1. The van der Waals surface area contributed by atoms with Crippen LogP contribution in [-0.4, -0.2) is 49.5 Å². The number of aliphatic carboxylic acids is 1. The van der Waals surface area contributed by atoms with E-state index in [4.69, 9.17) is 14.6 Å². The predicted octanol–water partition coefficient (Wildman–Crippen LogP) is 1.33. The Balaban J connectivity index is 1.87. The molecular formula is C14H25NO5. The molecule has 1 amide bonds. The number of amides is 1. The summed E-state index contributed by atoms with van der Waals surface area (Å²) in [4.78, 5) is 21.7. The van der Waals surface area contributed by atoms with Gasteiger partial charge in [-0.25, -0.2) is 0 Å². The molecule has 1 aliphatic rings. The van der Waals surface area contributed by atoms with Gasteiger partial charge in [0.15, 0.2) is 0 Å². The Bertz CT molecular complexity index is 289. The number of rotatable bonds is 10. The van der Waals surface area contributed by atoms with Gasteiger partial charge >= 0.3 is 5.97 Å². The molecule has 0 aliphatic carbocycles. The second-order valence-corrected chi connectivity index (χ2v) is 4.99. The first kappa shape index (κ1) is 16.9. The molecule has 1 rings (SSSR count). The molecule has 0 aromatic rings. The lowest BCUT2D eigenvalue weighted by Crippen LogP contribution is -2.27. The zero-order valence-corrected chi connectivity index (χ0v) is 11.9. The summed E-state index contributed by atoms with van der Waals surface area (Å²) >= 11 is 0. The van der Waals surface area contributed by atoms with Crippen molar-refractivity contribution >= 4 is 11.9 Å². The van der Waals surface area contributed by atoms with E-state index in [-0.39, 0.29) is 12.3 Å². The Hall–Kier alpha value is -1.14. The van der Waals surface area contributed by atoms with Crippen LogP contribution in [-0.2, 0) is 19.1 Å². The normalized spacial score (nSPS) is 16.0. The molecule has 1 heterocycles. The lowest BCUT2D eigenvalue weighted by molar-refractivity contribution is -0.137. The van der Waals surface area contributed by atoms with Gasteiger partial charge in [-0.15, -0.1) is 0 Å². The van der Waals surface area contributed by atoms with E-state index in [2.05, 4.69) is 5.32 Å². The number of carboxylic acid groups (broad SMARTS) is 1. The monoisotopic (exact) mass is 287 g/mol. The molecule has 116 valence electrons. The third-order valence-electron chi connectivity index (χ3n) is 3.21. The van der Waals surface area contributed by atoms with E-state index in [0.717, 1.165) is 32.5 Å². The van der Waals surface area contributed by atoms with Crippen molar-refractivity contribution in [2.24, 2.45) is 0 Å². The molecule has 2 N–H and O–H groups in total. The maximum atomic E-state index is 11.4. The first-order chi connectivity index (χ1) is 9.68. The lowest BCUT2D eigenvalue weighted by Gasteiger charge is -2.22. The van der Waals surface area contributed by atoms with Crippen LogP contribution >= 0.6 is 0 Å². The van der Waals surface area contributed by atoms with E-state index in [1.807, 2.05) is 0 Å². The first-order valence-corrected chi connectivity index (χ1v) is 7.36. The molecule has 1 aliphatic heterocycles. The minimum atomic E-state index is -0.810. The molecule has 0 bridgehead atoms. The van der Waals surface area contributed by atoms with Crippen molar-refractivity contribution in [3.8, 4) is 0 Å². The zero-order valence-electron chi connectivity index (χ0n) is 11.9. The standard InChI is InChI=1S/C14H25NO5/c16-13(4-1-2-5-14(17)18)15-8-3-9-20-12-6-10-19-11-7-12/h12H,1-11H2,(H,15,16)(H,17,18). The van der Waals surface area contributed by atoms with Crippen LogP contribution in [0.4, 0.5) is 0 Å². The highest BCUT2D eigenvalue weighted by atomic mass is 16.5. The van der Waals surface area contributed by atoms with E-state index in [1.165, 1.54) is 0 Å². The number of ether oxygens (including phenoxy) is 2. The molecule has 0 radical (unpaired) electrons. The van der Waals surface area contributed by atoms with Crippen molar-refractivity contribution in [2.75, 3.05) is 26.4 Å². The second-order valence-electron chi connectivity index (χ2n) is 4.99. The molecule has 1 saturated heterocycles. The fraction of sp³-hybridized carbons (Fsp3) is 0.857. The van der Waals surface area contributed by atoms with Crippen molar-refractivity contribution in [3.63, 3.8) is 0 Å². The molecular weight excluding hydrogens is 262 g/mol. The summed E-state index contributed by atoms with van der Waals surface area (Å²) in [6, 6.07) is 0. The third kappa shape index (κ3) is 8.87. The van der Waals surface area contributed by atoms with Gasteiger partial charge in [0.2, 0.25) is 5.91 Å². The van der Waals surface area contributed by atoms with Gasteiger partial charge in [-0.1, -0.05) is 0 Å². The van der Waals surface area contributed by atoms with Crippen LogP contribution < -0.4 is 5.32 Å². The Labute approximate surface area is 119 Å². The van der Waals surface area contributed by atoms with Gasteiger partial charge in [-0.3, -0.25) is 9.59 Å². The zero-order chi connectivity index (χ0) is 14.6. The minimum Gasteiger partial charge on any atom is -0.481 e. The van der Waals surface area contributed by atoms with Crippen molar-refractivity contribution < 1.29 is 24.2 Å². The summed E-state index contributed by atoms with van der Waals surface area (Å²) in [7, 11) is 0. The summed E-state index contributed by atoms with van der Waals surface area (Å²) in [6.07, 6.45) is 4.71.